The lowest BCUT2D eigenvalue weighted by molar-refractivity contribution is -0.128. The van der Waals surface area contributed by atoms with Gasteiger partial charge in [0.25, 0.3) is 5.91 Å². The van der Waals surface area contributed by atoms with Crippen LogP contribution in [0.15, 0.2) is 6.20 Å². The molecule has 1 aliphatic heterocycles. The largest absolute Gasteiger partial charge is 0.367 e. The Labute approximate surface area is 131 Å². The van der Waals surface area contributed by atoms with Gasteiger partial charge in [0, 0.05) is 13.1 Å². The summed E-state index contributed by atoms with van der Waals surface area (Å²) < 4.78 is 0. The summed E-state index contributed by atoms with van der Waals surface area (Å²) in [5, 5.41) is 2.10. The van der Waals surface area contributed by atoms with Gasteiger partial charge in [0.1, 0.15) is 0 Å². The fourth-order valence-electron chi connectivity index (χ4n) is 2.07. The molecule has 0 saturated carbocycles. The second kappa shape index (κ2) is 6.56. The number of carbonyl (C=O) groups excluding carboxylic acids is 3. The first-order valence-electron chi connectivity index (χ1n) is 6.57. The third-order valence-electron chi connectivity index (χ3n) is 3.18. The highest BCUT2D eigenvalue weighted by atomic mass is 35.5. The molecule has 3 amide bonds. The summed E-state index contributed by atoms with van der Waals surface area (Å²) in [5.41, 5.74) is 9.86. The molecule has 10 heteroatoms. The minimum Gasteiger partial charge on any atom is -0.367 e. The second-order valence-electron chi connectivity index (χ2n) is 4.77. The first-order valence-corrected chi connectivity index (χ1v) is 6.95. The Kier molecular flexibility index (Phi) is 4.76. The summed E-state index contributed by atoms with van der Waals surface area (Å²) in [4.78, 5) is 44.4. The minimum atomic E-state index is -1.63. The molecule has 1 aromatic heterocycles. The van der Waals surface area contributed by atoms with Gasteiger partial charge in [-0.3, -0.25) is 14.4 Å². The van der Waals surface area contributed by atoms with Crippen LogP contribution in [0.2, 0.25) is 5.02 Å². The topological polar surface area (TPSA) is 144 Å². The van der Waals surface area contributed by atoms with Crippen LogP contribution in [0, 0.1) is 0 Å². The van der Waals surface area contributed by atoms with E-state index in [9.17, 15) is 14.4 Å². The average molecular weight is 327 g/mol. The van der Waals surface area contributed by atoms with Crippen LogP contribution in [0.1, 0.15) is 23.3 Å². The van der Waals surface area contributed by atoms with Crippen LogP contribution in [0.4, 0.5) is 5.95 Å². The molecule has 1 saturated heterocycles. The number of amides is 3. The van der Waals surface area contributed by atoms with Crippen LogP contribution in [0.5, 0.6) is 0 Å². The fourth-order valence-corrected chi connectivity index (χ4v) is 2.25. The van der Waals surface area contributed by atoms with E-state index < -0.39 is 23.8 Å². The molecular weight excluding hydrogens is 312 g/mol. The predicted octanol–water partition coefficient (Wildman–Crippen LogP) is -1.20. The monoisotopic (exact) mass is 326 g/mol. The van der Waals surface area contributed by atoms with E-state index >= 15 is 0 Å². The van der Waals surface area contributed by atoms with Gasteiger partial charge in [0.2, 0.25) is 17.8 Å². The number of nitrogens with zero attached hydrogens (tertiary/aromatic N) is 3. The Bertz CT molecular complexity index is 603. The van der Waals surface area contributed by atoms with Crippen molar-refractivity contribution in [2.45, 2.75) is 18.9 Å². The lowest BCUT2D eigenvalue weighted by Crippen LogP contribution is -2.52. The quantitative estimate of drug-likeness (QED) is 0.579. The molecule has 0 aliphatic carbocycles. The fraction of sp³-hybridized carbons (Fsp3) is 0.417. The van der Waals surface area contributed by atoms with E-state index in [0.29, 0.717) is 5.95 Å². The van der Waals surface area contributed by atoms with Crippen LogP contribution in [0.3, 0.4) is 0 Å². The molecule has 0 unspecified atom stereocenters. The first kappa shape index (κ1) is 16.0. The van der Waals surface area contributed by atoms with E-state index in [0.717, 1.165) is 25.9 Å². The van der Waals surface area contributed by atoms with Gasteiger partial charge in [-0.15, -0.1) is 0 Å². The van der Waals surface area contributed by atoms with Gasteiger partial charge in [0.05, 0.1) is 11.2 Å². The summed E-state index contributed by atoms with van der Waals surface area (Å²) in [7, 11) is 0. The number of anilines is 1. The number of primary amides is 2. The Morgan fingerprint density at radius 3 is 2.36 bits per heavy atom. The number of nitrogens with two attached hydrogens (primary N) is 2. The van der Waals surface area contributed by atoms with E-state index in [2.05, 4.69) is 15.3 Å². The Morgan fingerprint density at radius 1 is 1.23 bits per heavy atom. The Morgan fingerprint density at radius 2 is 1.82 bits per heavy atom. The summed E-state index contributed by atoms with van der Waals surface area (Å²) in [6, 6.07) is -1.63. The van der Waals surface area contributed by atoms with Crippen LogP contribution in [0.25, 0.3) is 0 Å². The van der Waals surface area contributed by atoms with Crippen molar-refractivity contribution in [3.63, 3.8) is 0 Å². The zero-order valence-electron chi connectivity index (χ0n) is 11.6. The number of nitrogens with one attached hydrogen (secondary N) is 1. The molecule has 9 nitrogen and oxygen atoms in total. The van der Waals surface area contributed by atoms with E-state index in [1.54, 1.807) is 0 Å². The van der Waals surface area contributed by atoms with E-state index in [1.807, 2.05) is 4.90 Å². The van der Waals surface area contributed by atoms with Crippen molar-refractivity contribution < 1.29 is 14.4 Å². The lowest BCUT2D eigenvalue weighted by atomic mass is 10.2. The molecular formula is C12H15ClN6O3. The molecule has 0 spiro atoms. The number of carbonyl (C=O) groups is 3. The summed E-state index contributed by atoms with van der Waals surface area (Å²) in [6.45, 7) is 1.57. The maximum atomic E-state index is 12.1. The van der Waals surface area contributed by atoms with Gasteiger partial charge >= 0.3 is 0 Å². The van der Waals surface area contributed by atoms with Crippen molar-refractivity contribution in [1.82, 2.24) is 15.3 Å². The number of hydrogen-bond acceptors (Lipinski definition) is 6. The summed E-state index contributed by atoms with van der Waals surface area (Å²) >= 11 is 5.90. The number of halogens is 1. The highest BCUT2D eigenvalue weighted by molar-refractivity contribution is 6.33. The van der Waals surface area contributed by atoms with Gasteiger partial charge in [-0.05, 0) is 12.8 Å². The van der Waals surface area contributed by atoms with Crippen molar-refractivity contribution in [1.29, 1.82) is 0 Å². The summed E-state index contributed by atoms with van der Waals surface area (Å²) in [6.07, 6.45) is 3.32. The van der Waals surface area contributed by atoms with Crippen molar-refractivity contribution in [3.05, 3.63) is 16.9 Å². The zero-order valence-corrected chi connectivity index (χ0v) is 12.3. The maximum Gasteiger partial charge on any atom is 0.272 e. The van der Waals surface area contributed by atoms with Gasteiger partial charge < -0.3 is 21.7 Å². The molecule has 22 heavy (non-hydrogen) atoms. The van der Waals surface area contributed by atoms with E-state index in [-0.39, 0.29) is 10.7 Å². The van der Waals surface area contributed by atoms with Crippen LogP contribution in [-0.2, 0) is 9.59 Å². The molecule has 0 aromatic carbocycles. The molecule has 118 valence electrons. The third kappa shape index (κ3) is 3.42. The number of hydrogen-bond donors (Lipinski definition) is 3. The normalized spacial score (nSPS) is 14.2. The molecule has 0 atom stereocenters. The first-order chi connectivity index (χ1) is 10.4. The van der Waals surface area contributed by atoms with E-state index in [4.69, 9.17) is 23.1 Å². The van der Waals surface area contributed by atoms with E-state index in [1.165, 1.54) is 6.20 Å². The maximum absolute atomic E-state index is 12.1. The predicted molar refractivity (Wildman–Crippen MR) is 78.1 cm³/mol. The molecule has 0 bridgehead atoms. The van der Waals surface area contributed by atoms with Gasteiger partial charge in [0.15, 0.2) is 11.7 Å². The van der Waals surface area contributed by atoms with Crippen molar-refractivity contribution in [3.8, 4) is 0 Å². The Balaban J connectivity index is 2.23. The molecule has 1 aliphatic rings. The second-order valence-corrected chi connectivity index (χ2v) is 5.18. The van der Waals surface area contributed by atoms with Crippen molar-refractivity contribution in [2.75, 3.05) is 18.0 Å². The van der Waals surface area contributed by atoms with Crippen LogP contribution < -0.4 is 21.7 Å². The van der Waals surface area contributed by atoms with Crippen LogP contribution in [-0.4, -0.2) is 46.8 Å². The van der Waals surface area contributed by atoms with Gasteiger partial charge in [-0.25, -0.2) is 9.97 Å². The Hall–Kier alpha value is -2.42. The SMILES string of the molecule is NC(=O)C(NC(=O)c1nc(N2CCCC2)ncc1Cl)C(N)=O. The molecule has 2 heterocycles. The van der Waals surface area contributed by atoms with Crippen LogP contribution >= 0.6 is 11.6 Å². The minimum absolute atomic E-state index is 0.00635. The molecule has 1 aromatic rings. The number of aromatic nitrogens is 2. The lowest BCUT2D eigenvalue weighted by Gasteiger charge is -2.16. The van der Waals surface area contributed by atoms with Gasteiger partial charge in [-0.2, -0.15) is 0 Å². The standard InChI is InChI=1S/C12H15ClN6O3/c13-6-5-16-12(19-3-1-2-4-19)18-7(6)11(22)17-8(9(14)20)10(15)21/h5,8H,1-4H2,(H2,14,20)(H2,15,21)(H,17,22). The molecule has 2 rings (SSSR count). The molecule has 1 fully saturated rings. The smallest absolute Gasteiger partial charge is 0.272 e. The third-order valence-corrected chi connectivity index (χ3v) is 3.46. The zero-order chi connectivity index (χ0) is 16.3. The average Bonchev–Trinajstić information content (AvgIpc) is 2.98. The molecule has 0 radical (unpaired) electrons. The summed E-state index contributed by atoms with van der Waals surface area (Å²) in [5.74, 6) is -2.59. The van der Waals surface area contributed by atoms with Gasteiger partial charge in [-0.1, -0.05) is 11.6 Å². The number of rotatable bonds is 5. The van der Waals surface area contributed by atoms with Crippen molar-refractivity contribution >= 4 is 35.3 Å². The highest BCUT2D eigenvalue weighted by Crippen LogP contribution is 2.19. The van der Waals surface area contributed by atoms with Crippen molar-refractivity contribution in [2.24, 2.45) is 11.5 Å². The molecule has 5 N–H and O–H groups in total. The highest BCUT2D eigenvalue weighted by Gasteiger charge is 2.27.